The van der Waals surface area contributed by atoms with Crippen molar-refractivity contribution in [1.82, 2.24) is 5.16 Å². The second kappa shape index (κ2) is 8.71. The van der Waals surface area contributed by atoms with E-state index in [1.54, 1.807) is 18.2 Å². The molecule has 1 aromatic heterocycles. The number of benzene rings is 1. The molecule has 1 heterocycles. The van der Waals surface area contributed by atoms with E-state index in [0.717, 1.165) is 36.3 Å². The van der Waals surface area contributed by atoms with E-state index >= 15 is 0 Å². The molecule has 0 unspecified atom stereocenters. The molecule has 154 valence electrons. The van der Waals surface area contributed by atoms with Gasteiger partial charge in [0.2, 0.25) is 0 Å². The Kier molecular flexibility index (Phi) is 6.08. The first kappa shape index (κ1) is 20.9. The molecule has 0 saturated heterocycles. The van der Waals surface area contributed by atoms with Gasteiger partial charge >= 0.3 is 6.03 Å². The van der Waals surface area contributed by atoms with Gasteiger partial charge < -0.3 is 9.84 Å². The zero-order chi connectivity index (χ0) is 21.7. The molecule has 2 aromatic rings. The van der Waals surface area contributed by atoms with E-state index in [-0.39, 0.29) is 12.1 Å². The lowest BCUT2D eigenvalue weighted by Gasteiger charge is -2.21. The maximum absolute atomic E-state index is 12.3. The monoisotopic (exact) mass is 404 g/mol. The third kappa shape index (κ3) is 4.79. The second-order valence-corrected chi connectivity index (χ2v) is 8.04. The van der Waals surface area contributed by atoms with Gasteiger partial charge in [0, 0.05) is 28.6 Å². The Bertz CT molecular complexity index is 1030. The summed E-state index contributed by atoms with van der Waals surface area (Å²) in [6.45, 7) is 20.8. The van der Waals surface area contributed by atoms with Gasteiger partial charge in [0.05, 0.1) is 6.57 Å². The Morgan fingerprint density at radius 3 is 2.53 bits per heavy atom. The van der Waals surface area contributed by atoms with Crippen LogP contribution in [0.5, 0.6) is 0 Å². The fraction of sp³-hybridized carbons (Fsp3) is 0.364. The molecule has 0 radical (unpaired) electrons. The van der Waals surface area contributed by atoms with Crippen LogP contribution in [0.25, 0.3) is 9.69 Å². The van der Waals surface area contributed by atoms with Crippen molar-refractivity contribution in [3.8, 4) is 0 Å². The lowest BCUT2D eigenvalue weighted by molar-refractivity contribution is 0.262. The number of rotatable bonds is 5. The molecule has 1 aliphatic rings. The Labute approximate surface area is 176 Å². The molecule has 8 nitrogen and oxygen atoms in total. The SMILES string of the molecule is [C-]#[N+]CN(C1=C([N+]#[C-])CCC1)c1ccc(NC(=O)Nc2cc(C(C)(C)C)on2)cc1. The number of amides is 2. The van der Waals surface area contributed by atoms with E-state index in [2.05, 4.69) is 25.5 Å². The second-order valence-electron chi connectivity index (χ2n) is 8.04. The number of hydrogen-bond acceptors (Lipinski definition) is 4. The molecule has 0 bridgehead atoms. The summed E-state index contributed by atoms with van der Waals surface area (Å²) in [7, 11) is 0. The first-order chi connectivity index (χ1) is 14.3. The van der Waals surface area contributed by atoms with Gasteiger partial charge in [-0.25, -0.2) is 16.2 Å². The minimum Gasteiger partial charge on any atom is -0.359 e. The third-order valence-corrected chi connectivity index (χ3v) is 4.76. The molecule has 1 aromatic carbocycles. The normalized spacial score (nSPS) is 13.5. The number of urea groups is 1. The Morgan fingerprint density at radius 2 is 1.93 bits per heavy atom. The Morgan fingerprint density at radius 1 is 1.20 bits per heavy atom. The molecule has 3 rings (SSSR count). The number of nitrogens with one attached hydrogen (secondary N) is 2. The minimum atomic E-state index is -0.427. The fourth-order valence-electron chi connectivity index (χ4n) is 3.21. The predicted molar refractivity (Wildman–Crippen MR) is 116 cm³/mol. The number of anilines is 3. The predicted octanol–water partition coefficient (Wildman–Crippen LogP) is 5.61. The van der Waals surface area contributed by atoms with Gasteiger partial charge in [-0.1, -0.05) is 32.3 Å². The standard InChI is InChI=1S/C22H24N6O2/c1-22(2,3)19-13-20(27-30-19)26-21(29)25-15-9-11-16(12-10-15)28(14-23-4)18-8-6-7-17(18)24-5/h9-13H,6-8,14H2,1-3H3,(H2,25,26,27,29). The summed E-state index contributed by atoms with van der Waals surface area (Å²) < 4.78 is 5.26. The van der Waals surface area contributed by atoms with E-state index in [9.17, 15) is 4.79 Å². The van der Waals surface area contributed by atoms with E-state index in [1.807, 2.05) is 37.8 Å². The molecular weight excluding hydrogens is 380 g/mol. The van der Waals surface area contributed by atoms with Crippen LogP contribution in [0.15, 0.2) is 46.2 Å². The quantitative estimate of drug-likeness (QED) is 0.635. The number of nitrogens with zero attached hydrogens (tertiary/aromatic N) is 4. The van der Waals surface area contributed by atoms with Gasteiger partial charge in [-0.05, 0) is 37.1 Å². The van der Waals surface area contributed by atoms with Gasteiger partial charge in [-0.3, -0.25) is 15.1 Å². The van der Waals surface area contributed by atoms with Crippen molar-refractivity contribution in [2.75, 3.05) is 22.2 Å². The minimum absolute atomic E-state index is 0.157. The van der Waals surface area contributed by atoms with Gasteiger partial charge in [-0.2, -0.15) is 0 Å². The van der Waals surface area contributed by atoms with Crippen molar-refractivity contribution >= 4 is 23.2 Å². The van der Waals surface area contributed by atoms with Crippen LogP contribution in [-0.4, -0.2) is 17.9 Å². The highest BCUT2D eigenvalue weighted by atomic mass is 16.5. The van der Waals surface area contributed by atoms with Gasteiger partial charge in [-0.15, -0.1) is 0 Å². The van der Waals surface area contributed by atoms with Crippen molar-refractivity contribution in [2.24, 2.45) is 0 Å². The van der Waals surface area contributed by atoms with Crippen LogP contribution in [0.4, 0.5) is 22.0 Å². The van der Waals surface area contributed by atoms with Crippen molar-refractivity contribution in [1.29, 1.82) is 0 Å². The number of hydrogen-bond donors (Lipinski definition) is 2. The summed E-state index contributed by atoms with van der Waals surface area (Å²) in [5, 5.41) is 9.28. The highest BCUT2D eigenvalue weighted by molar-refractivity contribution is 5.99. The van der Waals surface area contributed by atoms with Crippen LogP contribution >= 0.6 is 0 Å². The summed E-state index contributed by atoms with van der Waals surface area (Å²) in [6.07, 6.45) is 2.48. The van der Waals surface area contributed by atoms with Crippen molar-refractivity contribution in [3.05, 3.63) is 70.3 Å². The molecule has 0 aliphatic heterocycles. The summed E-state index contributed by atoms with van der Waals surface area (Å²) in [4.78, 5) is 21.3. The number of aromatic nitrogens is 1. The molecule has 0 saturated carbocycles. The van der Waals surface area contributed by atoms with E-state index in [1.165, 1.54) is 0 Å². The molecular formula is C22H24N6O2. The molecule has 1 aliphatic carbocycles. The average Bonchev–Trinajstić information content (AvgIpc) is 3.36. The van der Waals surface area contributed by atoms with E-state index in [0.29, 0.717) is 17.3 Å². The van der Waals surface area contributed by atoms with Crippen LogP contribution in [0.2, 0.25) is 0 Å². The Balaban J connectivity index is 1.68. The number of carbonyl (C=O) groups excluding carboxylic acids is 1. The summed E-state index contributed by atoms with van der Waals surface area (Å²) in [5.41, 5.74) is 2.87. The Hall–Kier alpha value is -3.78. The van der Waals surface area contributed by atoms with Gasteiger partial charge in [0.25, 0.3) is 6.67 Å². The smallest absolute Gasteiger partial charge is 0.324 e. The maximum atomic E-state index is 12.3. The van der Waals surface area contributed by atoms with Crippen molar-refractivity contribution in [3.63, 3.8) is 0 Å². The summed E-state index contributed by atoms with van der Waals surface area (Å²) in [5.74, 6) is 1.03. The van der Waals surface area contributed by atoms with Crippen LogP contribution in [0, 0.1) is 13.1 Å². The van der Waals surface area contributed by atoms with Gasteiger partial charge in [0.15, 0.2) is 11.5 Å². The highest BCUT2D eigenvalue weighted by Crippen LogP contribution is 2.33. The lowest BCUT2D eigenvalue weighted by atomic mass is 9.93. The third-order valence-electron chi connectivity index (χ3n) is 4.76. The fourth-order valence-corrected chi connectivity index (χ4v) is 3.21. The zero-order valence-electron chi connectivity index (χ0n) is 17.3. The molecule has 8 heteroatoms. The van der Waals surface area contributed by atoms with Crippen molar-refractivity contribution < 1.29 is 9.32 Å². The largest absolute Gasteiger partial charge is 0.359 e. The molecule has 0 fully saturated rings. The molecule has 0 atom stereocenters. The molecule has 30 heavy (non-hydrogen) atoms. The topological polar surface area (TPSA) is 79.1 Å². The van der Waals surface area contributed by atoms with Crippen molar-refractivity contribution in [2.45, 2.75) is 45.4 Å². The molecule has 2 N–H and O–H groups in total. The number of allylic oxidation sites excluding steroid dienone is 2. The summed E-state index contributed by atoms with van der Waals surface area (Å²) in [6, 6.07) is 8.48. The average molecular weight is 404 g/mol. The van der Waals surface area contributed by atoms with Crippen LogP contribution in [0.3, 0.4) is 0 Å². The van der Waals surface area contributed by atoms with Gasteiger partial charge in [0.1, 0.15) is 5.76 Å². The molecule has 0 spiro atoms. The number of carbonyl (C=O) groups is 1. The zero-order valence-corrected chi connectivity index (χ0v) is 17.3. The lowest BCUT2D eigenvalue weighted by Crippen LogP contribution is -2.22. The van der Waals surface area contributed by atoms with E-state index in [4.69, 9.17) is 17.7 Å². The first-order valence-electron chi connectivity index (χ1n) is 9.67. The van der Waals surface area contributed by atoms with Crippen LogP contribution < -0.4 is 15.5 Å². The van der Waals surface area contributed by atoms with Crippen LogP contribution in [0.1, 0.15) is 45.8 Å². The first-order valence-corrected chi connectivity index (χ1v) is 9.67. The highest BCUT2D eigenvalue weighted by Gasteiger charge is 2.23. The van der Waals surface area contributed by atoms with Crippen LogP contribution in [-0.2, 0) is 5.41 Å². The van der Waals surface area contributed by atoms with E-state index < -0.39 is 6.03 Å². The molecule has 2 amide bonds. The maximum Gasteiger partial charge on any atom is 0.324 e. The summed E-state index contributed by atoms with van der Waals surface area (Å²) >= 11 is 0.